The molecule has 1 aromatic carbocycles. The van der Waals surface area contributed by atoms with Gasteiger partial charge in [-0.1, -0.05) is 18.2 Å². The number of hydrogen-bond acceptors (Lipinski definition) is 2. The van der Waals surface area contributed by atoms with Crippen LogP contribution in [0.4, 0.5) is 13.2 Å². The van der Waals surface area contributed by atoms with Gasteiger partial charge in [-0.05, 0) is 37.4 Å². The van der Waals surface area contributed by atoms with Crippen molar-refractivity contribution in [2.45, 2.75) is 25.4 Å². The van der Waals surface area contributed by atoms with Crippen LogP contribution in [0.2, 0.25) is 0 Å². The third-order valence-corrected chi connectivity index (χ3v) is 3.65. The summed E-state index contributed by atoms with van der Waals surface area (Å²) in [5.74, 6) is 0. The minimum atomic E-state index is -4.24. The number of alkyl halides is 3. The van der Waals surface area contributed by atoms with Crippen LogP contribution in [-0.2, 0) is 12.6 Å². The molecular weight excluding hydrogens is 265 g/mol. The Hall–Kier alpha value is -1.07. The molecule has 1 saturated heterocycles. The van der Waals surface area contributed by atoms with Gasteiger partial charge in [0.25, 0.3) is 0 Å². The Morgan fingerprint density at radius 1 is 1.10 bits per heavy atom. The molecule has 2 nitrogen and oxygen atoms in total. The molecule has 0 atom stereocenters. The Labute approximate surface area is 118 Å². The van der Waals surface area contributed by atoms with Crippen LogP contribution in [0.15, 0.2) is 24.3 Å². The zero-order chi connectivity index (χ0) is 14.4. The molecule has 1 aromatic rings. The van der Waals surface area contributed by atoms with Crippen molar-refractivity contribution in [3.05, 3.63) is 35.4 Å². The molecule has 1 aliphatic heterocycles. The molecule has 0 unspecified atom stereocenters. The summed E-state index contributed by atoms with van der Waals surface area (Å²) in [6.45, 7) is 5.26. The predicted octanol–water partition coefficient (Wildman–Crippen LogP) is 2.93. The monoisotopic (exact) mass is 286 g/mol. The third-order valence-electron chi connectivity index (χ3n) is 3.65. The van der Waals surface area contributed by atoms with Crippen LogP contribution in [0.3, 0.4) is 0 Å². The van der Waals surface area contributed by atoms with Crippen molar-refractivity contribution in [1.29, 1.82) is 0 Å². The molecule has 0 saturated carbocycles. The molecular formula is C15H21F3N2. The number of hydrogen-bond donors (Lipinski definition) is 1. The quantitative estimate of drug-likeness (QED) is 0.837. The fourth-order valence-corrected chi connectivity index (χ4v) is 2.50. The van der Waals surface area contributed by atoms with E-state index in [9.17, 15) is 13.2 Å². The Balaban J connectivity index is 1.73. The maximum atomic E-state index is 12.6. The summed E-state index contributed by atoms with van der Waals surface area (Å²) >= 11 is 0. The normalized spacial score (nSPS) is 17.4. The summed E-state index contributed by atoms with van der Waals surface area (Å²) in [5, 5.41) is 3.30. The third kappa shape index (κ3) is 4.80. The highest BCUT2D eigenvalue weighted by Gasteiger charge is 2.30. The summed E-state index contributed by atoms with van der Waals surface area (Å²) in [6.07, 6.45) is -1.55. The van der Waals surface area contributed by atoms with E-state index in [-0.39, 0.29) is 0 Å². The zero-order valence-electron chi connectivity index (χ0n) is 11.5. The summed E-state index contributed by atoms with van der Waals surface area (Å²) in [7, 11) is 0. The first-order valence-corrected chi connectivity index (χ1v) is 7.15. The van der Waals surface area contributed by atoms with Crippen molar-refractivity contribution in [1.82, 2.24) is 10.2 Å². The molecule has 1 N–H and O–H groups in total. The minimum Gasteiger partial charge on any atom is -0.314 e. The van der Waals surface area contributed by atoms with E-state index in [1.807, 2.05) is 0 Å². The second kappa shape index (κ2) is 7.09. The Bertz CT molecular complexity index is 412. The van der Waals surface area contributed by atoms with Crippen LogP contribution in [0.5, 0.6) is 0 Å². The SMILES string of the molecule is FC(F)(F)c1cccc(CCCCN2CCNCC2)c1. The van der Waals surface area contributed by atoms with Crippen molar-refractivity contribution < 1.29 is 13.2 Å². The van der Waals surface area contributed by atoms with Crippen LogP contribution >= 0.6 is 0 Å². The molecule has 0 radical (unpaired) electrons. The Kier molecular flexibility index (Phi) is 5.43. The van der Waals surface area contributed by atoms with Gasteiger partial charge >= 0.3 is 6.18 Å². The fourth-order valence-electron chi connectivity index (χ4n) is 2.50. The number of unbranched alkanes of at least 4 members (excludes halogenated alkanes) is 1. The lowest BCUT2D eigenvalue weighted by Gasteiger charge is -2.27. The van der Waals surface area contributed by atoms with Crippen molar-refractivity contribution in [2.24, 2.45) is 0 Å². The second-order valence-corrected chi connectivity index (χ2v) is 5.25. The van der Waals surface area contributed by atoms with E-state index < -0.39 is 11.7 Å². The van der Waals surface area contributed by atoms with Gasteiger partial charge in [0.1, 0.15) is 0 Å². The summed E-state index contributed by atoms with van der Waals surface area (Å²) in [4.78, 5) is 2.41. The standard InChI is InChI=1S/C15H21F3N2/c16-15(17,18)14-6-3-5-13(12-14)4-1-2-9-20-10-7-19-8-11-20/h3,5-6,12,19H,1-2,4,7-11H2. The maximum absolute atomic E-state index is 12.6. The van der Waals surface area contributed by atoms with Crippen LogP contribution in [0.1, 0.15) is 24.0 Å². The van der Waals surface area contributed by atoms with Gasteiger partial charge < -0.3 is 10.2 Å². The van der Waals surface area contributed by atoms with Gasteiger partial charge in [0, 0.05) is 26.2 Å². The Morgan fingerprint density at radius 3 is 2.55 bits per heavy atom. The van der Waals surface area contributed by atoms with Crippen LogP contribution in [0, 0.1) is 0 Å². The van der Waals surface area contributed by atoms with Gasteiger partial charge in [-0.2, -0.15) is 13.2 Å². The Morgan fingerprint density at radius 2 is 1.85 bits per heavy atom. The van der Waals surface area contributed by atoms with Gasteiger partial charge in [-0.3, -0.25) is 0 Å². The van der Waals surface area contributed by atoms with E-state index in [1.54, 1.807) is 6.07 Å². The number of aryl methyl sites for hydroxylation is 1. The smallest absolute Gasteiger partial charge is 0.314 e. The van der Waals surface area contributed by atoms with Gasteiger partial charge in [-0.15, -0.1) is 0 Å². The first-order valence-electron chi connectivity index (χ1n) is 7.15. The van der Waals surface area contributed by atoms with Gasteiger partial charge in [0.2, 0.25) is 0 Å². The molecule has 0 amide bonds. The molecule has 0 aromatic heterocycles. The van der Waals surface area contributed by atoms with Gasteiger partial charge in [-0.25, -0.2) is 0 Å². The molecule has 112 valence electrons. The molecule has 0 bridgehead atoms. The van der Waals surface area contributed by atoms with Crippen molar-refractivity contribution in [2.75, 3.05) is 32.7 Å². The molecule has 20 heavy (non-hydrogen) atoms. The average molecular weight is 286 g/mol. The fraction of sp³-hybridized carbons (Fsp3) is 0.600. The summed E-state index contributed by atoms with van der Waals surface area (Å²) in [5.41, 5.74) is 0.234. The van der Waals surface area contributed by atoms with Crippen molar-refractivity contribution >= 4 is 0 Å². The highest BCUT2D eigenvalue weighted by atomic mass is 19.4. The number of halogens is 3. The van der Waals surface area contributed by atoms with Crippen LogP contribution in [-0.4, -0.2) is 37.6 Å². The predicted molar refractivity (Wildman–Crippen MR) is 73.7 cm³/mol. The zero-order valence-corrected chi connectivity index (χ0v) is 11.5. The highest BCUT2D eigenvalue weighted by Crippen LogP contribution is 2.29. The largest absolute Gasteiger partial charge is 0.416 e. The van der Waals surface area contributed by atoms with E-state index in [0.29, 0.717) is 0 Å². The van der Waals surface area contributed by atoms with E-state index in [2.05, 4.69) is 10.2 Å². The second-order valence-electron chi connectivity index (χ2n) is 5.25. The summed E-state index contributed by atoms with van der Waals surface area (Å²) in [6, 6.07) is 5.67. The van der Waals surface area contributed by atoms with E-state index in [0.717, 1.165) is 63.6 Å². The first-order chi connectivity index (χ1) is 9.55. The number of piperazine rings is 1. The molecule has 0 aliphatic carbocycles. The molecule has 1 heterocycles. The number of nitrogens with one attached hydrogen (secondary N) is 1. The lowest BCUT2D eigenvalue weighted by atomic mass is 10.0. The maximum Gasteiger partial charge on any atom is 0.416 e. The lowest BCUT2D eigenvalue weighted by Crippen LogP contribution is -2.43. The molecule has 5 heteroatoms. The molecule has 2 rings (SSSR count). The summed E-state index contributed by atoms with van der Waals surface area (Å²) < 4.78 is 37.8. The molecule has 1 aliphatic rings. The van der Waals surface area contributed by atoms with Crippen molar-refractivity contribution in [3.63, 3.8) is 0 Å². The molecule has 0 spiro atoms. The molecule has 1 fully saturated rings. The average Bonchev–Trinajstić information content (AvgIpc) is 2.44. The number of nitrogens with zero attached hydrogens (tertiary/aromatic N) is 1. The minimum absolute atomic E-state index is 0.544. The van der Waals surface area contributed by atoms with E-state index in [1.165, 1.54) is 12.1 Å². The van der Waals surface area contributed by atoms with Crippen molar-refractivity contribution in [3.8, 4) is 0 Å². The highest BCUT2D eigenvalue weighted by molar-refractivity contribution is 5.25. The van der Waals surface area contributed by atoms with Gasteiger partial charge in [0.15, 0.2) is 0 Å². The van der Waals surface area contributed by atoms with Crippen LogP contribution < -0.4 is 5.32 Å². The topological polar surface area (TPSA) is 15.3 Å². The van der Waals surface area contributed by atoms with Gasteiger partial charge in [0.05, 0.1) is 5.56 Å². The van der Waals surface area contributed by atoms with E-state index in [4.69, 9.17) is 0 Å². The number of benzene rings is 1. The van der Waals surface area contributed by atoms with E-state index >= 15 is 0 Å². The lowest BCUT2D eigenvalue weighted by molar-refractivity contribution is -0.137. The number of rotatable bonds is 5. The first kappa shape index (κ1) is 15.3. The van der Waals surface area contributed by atoms with Crippen LogP contribution in [0.25, 0.3) is 0 Å².